The van der Waals surface area contributed by atoms with Gasteiger partial charge in [-0.1, -0.05) is 51.1 Å². The molecule has 0 bridgehead atoms. The molecule has 0 amide bonds. The molecule has 0 aliphatic heterocycles. The lowest BCUT2D eigenvalue weighted by Crippen LogP contribution is -2.29. The van der Waals surface area contributed by atoms with Crippen LogP contribution in [0.25, 0.3) is 0 Å². The zero-order chi connectivity index (χ0) is 13.6. The second-order valence-corrected chi connectivity index (χ2v) is 6.17. The molecule has 1 aromatic carbocycles. The van der Waals surface area contributed by atoms with Crippen molar-refractivity contribution in [2.75, 3.05) is 6.54 Å². The highest BCUT2D eigenvalue weighted by Crippen LogP contribution is 2.29. The van der Waals surface area contributed by atoms with Gasteiger partial charge < -0.3 is 5.32 Å². The Hall–Kier alpha value is -1.33. The van der Waals surface area contributed by atoms with Crippen molar-refractivity contribution in [2.45, 2.75) is 40.2 Å². The van der Waals surface area contributed by atoms with Gasteiger partial charge in [0.2, 0.25) is 0 Å². The van der Waals surface area contributed by atoms with E-state index >= 15 is 0 Å². The van der Waals surface area contributed by atoms with E-state index in [1.807, 2.05) is 13.0 Å². The molecule has 0 saturated heterocycles. The van der Waals surface area contributed by atoms with Crippen LogP contribution in [0.3, 0.4) is 0 Å². The van der Waals surface area contributed by atoms with Gasteiger partial charge in [-0.3, -0.25) is 0 Å². The summed E-state index contributed by atoms with van der Waals surface area (Å²) in [7, 11) is 0. The fourth-order valence-electron chi connectivity index (χ4n) is 1.97. The molecule has 0 heterocycles. The quantitative estimate of drug-likeness (QED) is 0.852. The molecule has 0 saturated carbocycles. The van der Waals surface area contributed by atoms with Crippen molar-refractivity contribution in [3.8, 4) is 6.07 Å². The number of hydrogen-bond donors (Lipinski definition) is 1. The Morgan fingerprint density at radius 1 is 1.22 bits per heavy atom. The molecular formula is C16H24N2. The average molecular weight is 244 g/mol. The molecule has 2 atom stereocenters. The lowest BCUT2D eigenvalue weighted by Gasteiger charge is -2.27. The number of nitrogens with one attached hydrogen (secondary N) is 1. The average Bonchev–Trinajstić information content (AvgIpc) is 2.33. The summed E-state index contributed by atoms with van der Waals surface area (Å²) in [5.41, 5.74) is 1.57. The Labute approximate surface area is 111 Å². The van der Waals surface area contributed by atoms with Gasteiger partial charge >= 0.3 is 0 Å². The largest absolute Gasteiger partial charge is 0.309 e. The molecule has 0 fully saturated rings. The Balaban J connectivity index is 2.74. The van der Waals surface area contributed by atoms with Crippen LogP contribution in [0.5, 0.6) is 0 Å². The summed E-state index contributed by atoms with van der Waals surface area (Å²) < 4.78 is 0. The van der Waals surface area contributed by atoms with Crippen LogP contribution in [-0.4, -0.2) is 6.54 Å². The summed E-state index contributed by atoms with van der Waals surface area (Å²) >= 11 is 0. The fourth-order valence-corrected chi connectivity index (χ4v) is 1.97. The number of rotatable bonds is 5. The molecule has 0 radical (unpaired) electrons. The van der Waals surface area contributed by atoms with Crippen molar-refractivity contribution in [1.29, 1.82) is 5.26 Å². The van der Waals surface area contributed by atoms with E-state index in [1.54, 1.807) is 0 Å². The SMILES string of the molecule is CC(C#N)CNC(CC(C)(C)C)c1ccccc1. The molecule has 0 aliphatic carbocycles. The predicted octanol–water partition coefficient (Wildman–Crippen LogP) is 3.91. The molecule has 0 aromatic heterocycles. The normalized spacial score (nSPS) is 14.8. The van der Waals surface area contributed by atoms with E-state index in [4.69, 9.17) is 5.26 Å². The van der Waals surface area contributed by atoms with Crippen molar-refractivity contribution in [3.05, 3.63) is 35.9 Å². The molecule has 0 aliphatic rings. The maximum absolute atomic E-state index is 8.86. The number of nitriles is 1. The number of benzene rings is 1. The summed E-state index contributed by atoms with van der Waals surface area (Å²) in [6.45, 7) is 9.44. The summed E-state index contributed by atoms with van der Waals surface area (Å²) in [6, 6.07) is 13.1. The van der Waals surface area contributed by atoms with Crippen LogP contribution in [-0.2, 0) is 0 Å². The van der Waals surface area contributed by atoms with Gasteiger partial charge in [0.25, 0.3) is 0 Å². The van der Waals surface area contributed by atoms with E-state index < -0.39 is 0 Å². The van der Waals surface area contributed by atoms with Crippen molar-refractivity contribution in [3.63, 3.8) is 0 Å². The number of nitrogens with zero attached hydrogens (tertiary/aromatic N) is 1. The van der Waals surface area contributed by atoms with Gasteiger partial charge in [0, 0.05) is 12.6 Å². The standard InChI is InChI=1S/C16H24N2/c1-13(11-17)12-18-15(10-16(2,3)4)14-8-6-5-7-9-14/h5-9,13,15,18H,10,12H2,1-4H3. The fraction of sp³-hybridized carbons (Fsp3) is 0.562. The first-order chi connectivity index (χ1) is 8.42. The van der Waals surface area contributed by atoms with Crippen LogP contribution < -0.4 is 5.32 Å². The Bertz CT molecular complexity index is 384. The number of hydrogen-bond acceptors (Lipinski definition) is 2. The van der Waals surface area contributed by atoms with E-state index in [0.717, 1.165) is 13.0 Å². The molecule has 1 aromatic rings. The third-order valence-electron chi connectivity index (χ3n) is 2.91. The van der Waals surface area contributed by atoms with Crippen LogP contribution in [0.15, 0.2) is 30.3 Å². The minimum absolute atomic E-state index is 0.0520. The molecule has 0 spiro atoms. The van der Waals surface area contributed by atoms with E-state index in [1.165, 1.54) is 5.56 Å². The van der Waals surface area contributed by atoms with Crippen LogP contribution >= 0.6 is 0 Å². The van der Waals surface area contributed by atoms with Gasteiger partial charge in [0.15, 0.2) is 0 Å². The molecule has 1 N–H and O–H groups in total. The Morgan fingerprint density at radius 3 is 2.33 bits per heavy atom. The molecule has 2 nitrogen and oxygen atoms in total. The topological polar surface area (TPSA) is 35.8 Å². The van der Waals surface area contributed by atoms with Crippen LogP contribution in [0, 0.1) is 22.7 Å². The molecular weight excluding hydrogens is 220 g/mol. The second-order valence-electron chi connectivity index (χ2n) is 6.17. The van der Waals surface area contributed by atoms with Gasteiger partial charge in [-0.25, -0.2) is 0 Å². The van der Waals surface area contributed by atoms with Gasteiger partial charge in [-0.15, -0.1) is 0 Å². The van der Waals surface area contributed by atoms with Crippen molar-refractivity contribution in [2.24, 2.45) is 11.3 Å². The smallest absolute Gasteiger partial charge is 0.0666 e. The first-order valence-corrected chi connectivity index (χ1v) is 6.60. The zero-order valence-corrected chi connectivity index (χ0v) is 11.9. The van der Waals surface area contributed by atoms with E-state index in [2.05, 4.69) is 56.4 Å². The Kier molecular flexibility index (Phi) is 5.37. The van der Waals surface area contributed by atoms with Crippen LogP contribution in [0.2, 0.25) is 0 Å². The zero-order valence-electron chi connectivity index (χ0n) is 11.9. The lowest BCUT2D eigenvalue weighted by atomic mass is 9.85. The minimum atomic E-state index is 0.0520. The van der Waals surface area contributed by atoms with Gasteiger partial charge in [0.05, 0.1) is 12.0 Å². The first-order valence-electron chi connectivity index (χ1n) is 6.60. The van der Waals surface area contributed by atoms with Crippen molar-refractivity contribution < 1.29 is 0 Å². The summed E-state index contributed by atoms with van der Waals surface area (Å²) in [4.78, 5) is 0. The third kappa shape index (κ3) is 5.33. The van der Waals surface area contributed by atoms with Crippen molar-refractivity contribution in [1.82, 2.24) is 5.32 Å². The predicted molar refractivity (Wildman–Crippen MR) is 76.0 cm³/mol. The highest BCUT2D eigenvalue weighted by molar-refractivity contribution is 5.19. The molecule has 2 heteroatoms. The summed E-state index contributed by atoms with van der Waals surface area (Å²) in [6.07, 6.45) is 1.06. The van der Waals surface area contributed by atoms with Gasteiger partial charge in [-0.2, -0.15) is 5.26 Å². The highest BCUT2D eigenvalue weighted by atomic mass is 14.9. The minimum Gasteiger partial charge on any atom is -0.309 e. The monoisotopic (exact) mass is 244 g/mol. The maximum Gasteiger partial charge on any atom is 0.0666 e. The molecule has 18 heavy (non-hydrogen) atoms. The van der Waals surface area contributed by atoms with E-state index in [-0.39, 0.29) is 11.3 Å². The van der Waals surface area contributed by atoms with Crippen LogP contribution in [0.1, 0.15) is 45.7 Å². The lowest BCUT2D eigenvalue weighted by molar-refractivity contribution is 0.307. The molecule has 1 rings (SSSR count). The Morgan fingerprint density at radius 2 is 1.83 bits per heavy atom. The highest BCUT2D eigenvalue weighted by Gasteiger charge is 2.20. The third-order valence-corrected chi connectivity index (χ3v) is 2.91. The maximum atomic E-state index is 8.86. The van der Waals surface area contributed by atoms with Gasteiger partial charge in [-0.05, 0) is 24.3 Å². The summed E-state index contributed by atoms with van der Waals surface area (Å²) in [5.74, 6) is 0.0520. The van der Waals surface area contributed by atoms with E-state index in [0.29, 0.717) is 6.04 Å². The van der Waals surface area contributed by atoms with Gasteiger partial charge in [0.1, 0.15) is 0 Å². The molecule has 98 valence electrons. The summed E-state index contributed by atoms with van der Waals surface area (Å²) in [5, 5.41) is 12.4. The first kappa shape index (κ1) is 14.7. The van der Waals surface area contributed by atoms with Crippen molar-refractivity contribution >= 4 is 0 Å². The van der Waals surface area contributed by atoms with Crippen LogP contribution in [0.4, 0.5) is 0 Å². The second kappa shape index (κ2) is 6.56. The van der Waals surface area contributed by atoms with E-state index in [9.17, 15) is 0 Å². The molecule has 2 unspecified atom stereocenters.